The molecule has 0 aliphatic heterocycles. The van der Waals surface area contributed by atoms with Gasteiger partial charge in [0.1, 0.15) is 52.1 Å². The molecule has 0 saturated heterocycles. The monoisotopic (exact) mass is 682 g/mol. The number of rotatable bonds is 9. The molecule has 0 atom stereocenters. The van der Waals surface area contributed by atoms with Crippen molar-refractivity contribution in [1.82, 2.24) is 0 Å². The van der Waals surface area contributed by atoms with Gasteiger partial charge >= 0.3 is 0 Å². The number of Topliss-reactive ketones (excluding diaryl/α,β-unsaturated/α-hetero) is 3. The van der Waals surface area contributed by atoms with Crippen molar-refractivity contribution in [1.29, 1.82) is 0 Å². The summed E-state index contributed by atoms with van der Waals surface area (Å²) in [7, 11) is 0. The molecule has 0 unspecified atom stereocenters. The molecule has 0 bridgehead atoms. The first-order valence-electron chi connectivity index (χ1n) is 14.4. The summed E-state index contributed by atoms with van der Waals surface area (Å²) in [6, 6.07) is 19.8. The van der Waals surface area contributed by atoms with Crippen molar-refractivity contribution in [2.45, 2.75) is 40.5 Å². The molecule has 0 aliphatic carbocycles. The van der Waals surface area contributed by atoms with Crippen LogP contribution >= 0.6 is 0 Å². The first kappa shape index (κ1) is 39.5. The Hall–Kier alpha value is -5.72. The Morgan fingerprint density at radius 2 is 0.918 bits per heavy atom. The van der Waals surface area contributed by atoms with Gasteiger partial charge < -0.3 is 5.84 Å². The molecule has 0 aromatic heterocycles. The summed E-state index contributed by atoms with van der Waals surface area (Å²) in [5, 5.41) is 11.0. The predicted octanol–water partition coefficient (Wildman–Crippen LogP) is 7.81. The number of hydrazone groups is 1. The molecule has 49 heavy (non-hydrogen) atoms. The van der Waals surface area contributed by atoms with E-state index >= 15 is 0 Å². The van der Waals surface area contributed by atoms with Crippen molar-refractivity contribution in [3.8, 4) is 0 Å². The van der Waals surface area contributed by atoms with E-state index < -0.39 is 34.9 Å². The smallest absolute Gasteiger partial charge is 0.208 e. The molecule has 4 rings (SSSR count). The summed E-state index contributed by atoms with van der Waals surface area (Å²) in [6.07, 6.45) is -0.522. The lowest BCUT2D eigenvalue weighted by molar-refractivity contribution is -0.116. The van der Waals surface area contributed by atoms with E-state index in [2.05, 4.69) is 15.3 Å². The number of nitrogens with zero attached hydrogens (tertiary/aromatic N) is 3. The Morgan fingerprint density at radius 1 is 0.551 bits per heavy atom. The second kappa shape index (κ2) is 19.2. The Labute approximate surface area is 278 Å². The van der Waals surface area contributed by atoms with Crippen molar-refractivity contribution in [2.75, 3.05) is 0 Å². The van der Waals surface area contributed by atoms with E-state index in [-0.39, 0.29) is 47.0 Å². The standard InChI is InChI=1S/C18H15F3N2O.C9H7F3O.C9H10N2O/c1-11(8-15-16(20)9-14(19)10-17(15)21)22-23-12(2)18(24)13-6-4-3-5-7-13;1-5(13)2-7-8(11)3-6(10)4-9(7)12;1-7(11-10)9(12)8-5-3-2-4-6-8/h3-7,9-10H,8H2,1-2H3;3-4H,2H2,1H3;2-6H,10H2,1H3/b22-11-,23-12-;;11-7-. The van der Waals surface area contributed by atoms with Crippen LogP contribution in [-0.2, 0) is 17.6 Å². The zero-order chi connectivity index (χ0) is 36.7. The fourth-order valence-electron chi connectivity index (χ4n) is 3.88. The van der Waals surface area contributed by atoms with E-state index in [0.717, 1.165) is 0 Å². The van der Waals surface area contributed by atoms with Gasteiger partial charge in [0.2, 0.25) is 11.6 Å². The maximum absolute atomic E-state index is 13.6. The first-order valence-corrected chi connectivity index (χ1v) is 14.4. The average molecular weight is 683 g/mol. The third-order valence-corrected chi connectivity index (χ3v) is 6.36. The lowest BCUT2D eigenvalue weighted by Gasteiger charge is -2.04. The first-order chi connectivity index (χ1) is 23.1. The van der Waals surface area contributed by atoms with Crippen LogP contribution < -0.4 is 5.84 Å². The number of carbonyl (C=O) groups excluding carboxylic acids is 3. The van der Waals surface area contributed by atoms with Gasteiger partial charge in [-0.1, -0.05) is 60.7 Å². The predicted molar refractivity (Wildman–Crippen MR) is 176 cm³/mol. The van der Waals surface area contributed by atoms with E-state index in [9.17, 15) is 40.7 Å². The van der Waals surface area contributed by atoms with Crippen LogP contribution in [0.4, 0.5) is 26.3 Å². The van der Waals surface area contributed by atoms with Gasteiger partial charge in [-0.25, -0.2) is 26.3 Å². The summed E-state index contributed by atoms with van der Waals surface area (Å²) in [6.45, 7) is 5.83. The molecule has 7 nitrogen and oxygen atoms in total. The van der Waals surface area contributed by atoms with Gasteiger partial charge in [-0.2, -0.15) is 15.3 Å². The van der Waals surface area contributed by atoms with Crippen LogP contribution in [0.5, 0.6) is 0 Å². The van der Waals surface area contributed by atoms with Gasteiger partial charge in [0.05, 0.1) is 0 Å². The minimum atomic E-state index is -1.02. The molecule has 2 N–H and O–H groups in total. The number of benzene rings is 4. The highest BCUT2D eigenvalue weighted by molar-refractivity contribution is 6.45. The van der Waals surface area contributed by atoms with Crippen molar-refractivity contribution in [3.05, 3.63) is 142 Å². The summed E-state index contributed by atoms with van der Waals surface area (Å²) >= 11 is 0. The lowest BCUT2D eigenvalue weighted by Crippen LogP contribution is -2.12. The van der Waals surface area contributed by atoms with Gasteiger partial charge in [0.15, 0.2) is 0 Å². The second-order valence-corrected chi connectivity index (χ2v) is 10.4. The molecule has 4 aromatic rings. The molecule has 4 aromatic carbocycles. The molecule has 0 amide bonds. The minimum absolute atomic E-state index is 0.127. The van der Waals surface area contributed by atoms with Gasteiger partial charge in [-0.3, -0.25) is 14.4 Å². The average Bonchev–Trinajstić information content (AvgIpc) is 3.07. The second-order valence-electron chi connectivity index (χ2n) is 10.4. The molecule has 13 heteroatoms. The number of hydrogen-bond donors (Lipinski definition) is 1. The molecule has 0 spiro atoms. The number of hydrogen-bond acceptors (Lipinski definition) is 7. The highest BCUT2D eigenvalue weighted by Gasteiger charge is 2.14. The van der Waals surface area contributed by atoms with E-state index in [0.29, 0.717) is 46.8 Å². The molecule has 0 radical (unpaired) electrons. The van der Waals surface area contributed by atoms with Crippen molar-refractivity contribution in [2.24, 2.45) is 21.1 Å². The Bertz CT molecular complexity index is 1830. The van der Waals surface area contributed by atoms with E-state index in [1.807, 2.05) is 6.07 Å². The number of nitrogens with two attached hydrogens (primary N) is 1. The van der Waals surface area contributed by atoms with Crippen LogP contribution in [-0.4, -0.2) is 34.5 Å². The van der Waals surface area contributed by atoms with Crippen molar-refractivity contribution < 1.29 is 40.7 Å². The van der Waals surface area contributed by atoms with Crippen LogP contribution in [0.1, 0.15) is 59.5 Å². The zero-order valence-corrected chi connectivity index (χ0v) is 26.9. The molecule has 0 heterocycles. The van der Waals surface area contributed by atoms with Crippen LogP contribution in [0.2, 0.25) is 0 Å². The van der Waals surface area contributed by atoms with Crippen LogP contribution in [0.25, 0.3) is 0 Å². The minimum Gasteiger partial charge on any atom is -0.323 e. The highest BCUT2D eigenvalue weighted by Crippen LogP contribution is 2.17. The van der Waals surface area contributed by atoms with Crippen molar-refractivity contribution in [3.63, 3.8) is 0 Å². The van der Waals surface area contributed by atoms with Crippen LogP contribution in [0, 0.1) is 34.9 Å². The van der Waals surface area contributed by atoms with Gasteiger partial charge in [0, 0.05) is 65.1 Å². The molecule has 0 fully saturated rings. The molecular weight excluding hydrogens is 650 g/mol. The van der Waals surface area contributed by atoms with E-state index in [1.165, 1.54) is 20.8 Å². The fraction of sp³-hybridized carbons (Fsp3) is 0.167. The third-order valence-electron chi connectivity index (χ3n) is 6.36. The Kier molecular flexibility index (Phi) is 15.4. The lowest BCUT2D eigenvalue weighted by atomic mass is 10.1. The summed E-state index contributed by atoms with van der Waals surface area (Å²) < 4.78 is 78.1. The SMILES string of the molecule is C/C(=N/N)C(=O)c1ccccc1.C/C(Cc1c(F)cc(F)cc1F)=N/N=C(/C)C(=O)c1ccccc1.CC(=O)Cc1c(F)cc(F)cc1F. The summed E-state index contributed by atoms with van der Waals surface area (Å²) in [4.78, 5) is 34.0. The largest absolute Gasteiger partial charge is 0.323 e. The van der Waals surface area contributed by atoms with Crippen LogP contribution in [0.3, 0.4) is 0 Å². The maximum atomic E-state index is 13.6. The number of ketones is 3. The molecule has 0 saturated carbocycles. The topological polar surface area (TPSA) is 114 Å². The van der Waals surface area contributed by atoms with E-state index in [1.54, 1.807) is 61.5 Å². The van der Waals surface area contributed by atoms with Crippen molar-refractivity contribution >= 4 is 34.5 Å². The maximum Gasteiger partial charge on any atom is 0.208 e. The highest BCUT2D eigenvalue weighted by atomic mass is 19.2. The Balaban J connectivity index is 0.000000281. The normalized spacial score (nSPS) is 11.5. The Morgan fingerprint density at radius 3 is 1.29 bits per heavy atom. The summed E-state index contributed by atoms with van der Waals surface area (Å²) in [5.41, 5.74) is 1.18. The quantitative estimate of drug-likeness (QED) is 0.0638. The fourth-order valence-corrected chi connectivity index (χ4v) is 3.88. The molecular formula is C36H32F6N4O3. The molecule has 0 aliphatic rings. The van der Waals surface area contributed by atoms with Gasteiger partial charge in [-0.05, 0) is 27.7 Å². The third kappa shape index (κ3) is 12.8. The van der Waals surface area contributed by atoms with E-state index in [4.69, 9.17) is 5.84 Å². The number of halogens is 6. The molecule has 256 valence electrons. The van der Waals surface area contributed by atoms with Gasteiger partial charge in [-0.15, -0.1) is 0 Å². The number of carbonyl (C=O) groups is 3. The zero-order valence-electron chi connectivity index (χ0n) is 26.9. The van der Waals surface area contributed by atoms with Crippen LogP contribution in [0.15, 0.2) is 100 Å². The van der Waals surface area contributed by atoms with Gasteiger partial charge in [0.25, 0.3) is 0 Å². The summed E-state index contributed by atoms with van der Waals surface area (Å²) in [5.74, 6) is -1.78.